The normalized spacial score (nSPS) is 17.8. The molecule has 3 N–H and O–H groups in total. The van der Waals surface area contributed by atoms with E-state index in [4.69, 9.17) is 0 Å². The van der Waals surface area contributed by atoms with E-state index in [1.807, 2.05) is 56.1 Å². The number of benzene rings is 1. The van der Waals surface area contributed by atoms with E-state index in [1.54, 1.807) is 0 Å². The fourth-order valence-electron chi connectivity index (χ4n) is 3.40. The number of hydrogen-bond acceptors (Lipinski definition) is 3. The SMILES string of the molecule is CNCC1CCCN(C(=O)C(NC(=O)NCc2ccccc2)C(C)C)C1.Cl. The lowest BCUT2D eigenvalue weighted by Gasteiger charge is -2.36. The molecule has 1 saturated heterocycles. The van der Waals surface area contributed by atoms with Crippen LogP contribution in [0.25, 0.3) is 0 Å². The third kappa shape index (κ3) is 7.39. The highest BCUT2D eigenvalue weighted by Gasteiger charge is 2.31. The van der Waals surface area contributed by atoms with E-state index in [9.17, 15) is 9.59 Å². The summed E-state index contributed by atoms with van der Waals surface area (Å²) in [5.41, 5.74) is 1.03. The van der Waals surface area contributed by atoms with Crippen LogP contribution in [0.5, 0.6) is 0 Å². The summed E-state index contributed by atoms with van der Waals surface area (Å²) < 4.78 is 0. The Labute approximate surface area is 168 Å². The molecule has 27 heavy (non-hydrogen) atoms. The van der Waals surface area contributed by atoms with Gasteiger partial charge in [0.25, 0.3) is 0 Å². The number of nitrogens with one attached hydrogen (secondary N) is 3. The number of urea groups is 1. The molecule has 0 bridgehead atoms. The van der Waals surface area contributed by atoms with E-state index in [-0.39, 0.29) is 30.3 Å². The van der Waals surface area contributed by atoms with Gasteiger partial charge in [0, 0.05) is 19.6 Å². The van der Waals surface area contributed by atoms with Crippen molar-refractivity contribution >= 4 is 24.3 Å². The summed E-state index contributed by atoms with van der Waals surface area (Å²) in [5, 5.41) is 8.91. The number of nitrogens with zero attached hydrogens (tertiary/aromatic N) is 1. The molecule has 0 spiro atoms. The summed E-state index contributed by atoms with van der Waals surface area (Å²) in [4.78, 5) is 27.2. The van der Waals surface area contributed by atoms with Gasteiger partial charge < -0.3 is 20.9 Å². The average Bonchev–Trinajstić information content (AvgIpc) is 2.65. The minimum Gasteiger partial charge on any atom is -0.341 e. The molecule has 0 radical (unpaired) electrons. The Kier molecular flexibility index (Phi) is 10.2. The first-order valence-electron chi connectivity index (χ1n) is 9.53. The zero-order valence-electron chi connectivity index (χ0n) is 16.5. The lowest BCUT2D eigenvalue weighted by atomic mass is 9.95. The van der Waals surface area contributed by atoms with Gasteiger partial charge in [0.05, 0.1) is 0 Å². The summed E-state index contributed by atoms with van der Waals surface area (Å²) in [6, 6.07) is 8.93. The molecule has 152 valence electrons. The summed E-state index contributed by atoms with van der Waals surface area (Å²) in [5.74, 6) is 0.544. The Morgan fingerprint density at radius 2 is 1.93 bits per heavy atom. The van der Waals surface area contributed by atoms with E-state index in [0.717, 1.165) is 38.0 Å². The van der Waals surface area contributed by atoms with Gasteiger partial charge in [-0.3, -0.25) is 4.79 Å². The Bertz CT molecular complexity index is 581. The van der Waals surface area contributed by atoms with Crippen molar-refractivity contribution in [3.8, 4) is 0 Å². The third-order valence-corrected chi connectivity index (χ3v) is 4.84. The monoisotopic (exact) mass is 396 g/mol. The number of amides is 3. The van der Waals surface area contributed by atoms with Crippen LogP contribution < -0.4 is 16.0 Å². The van der Waals surface area contributed by atoms with Crippen LogP contribution in [0.2, 0.25) is 0 Å². The highest BCUT2D eigenvalue weighted by Crippen LogP contribution is 2.18. The van der Waals surface area contributed by atoms with Gasteiger partial charge in [-0.1, -0.05) is 44.2 Å². The van der Waals surface area contributed by atoms with Crippen LogP contribution in [-0.4, -0.2) is 49.6 Å². The number of carbonyl (C=O) groups excluding carboxylic acids is 2. The topological polar surface area (TPSA) is 73.5 Å². The first kappa shape index (κ1) is 23.2. The van der Waals surface area contributed by atoms with E-state index >= 15 is 0 Å². The molecular formula is C20H33ClN4O2. The predicted octanol–water partition coefficient (Wildman–Crippen LogP) is 2.39. The Hall–Kier alpha value is -1.79. The number of carbonyl (C=O) groups is 2. The van der Waals surface area contributed by atoms with Crippen molar-refractivity contribution < 1.29 is 9.59 Å². The van der Waals surface area contributed by atoms with Crippen LogP contribution in [0.15, 0.2) is 30.3 Å². The zero-order valence-corrected chi connectivity index (χ0v) is 17.3. The van der Waals surface area contributed by atoms with Gasteiger partial charge >= 0.3 is 6.03 Å². The maximum Gasteiger partial charge on any atom is 0.315 e. The minimum atomic E-state index is -0.501. The zero-order chi connectivity index (χ0) is 18.9. The lowest BCUT2D eigenvalue weighted by Crippen LogP contribution is -2.55. The molecule has 1 heterocycles. The molecule has 0 aliphatic carbocycles. The second-order valence-corrected chi connectivity index (χ2v) is 7.38. The second kappa shape index (κ2) is 11.8. The smallest absolute Gasteiger partial charge is 0.315 e. The van der Waals surface area contributed by atoms with Gasteiger partial charge in [-0.2, -0.15) is 0 Å². The minimum absolute atomic E-state index is 0. The largest absolute Gasteiger partial charge is 0.341 e. The fraction of sp³-hybridized carbons (Fsp3) is 0.600. The average molecular weight is 397 g/mol. The number of hydrogen-bond donors (Lipinski definition) is 3. The predicted molar refractivity (Wildman–Crippen MR) is 111 cm³/mol. The van der Waals surface area contributed by atoms with Crippen LogP contribution in [0.1, 0.15) is 32.3 Å². The van der Waals surface area contributed by atoms with Crippen LogP contribution >= 0.6 is 12.4 Å². The quantitative estimate of drug-likeness (QED) is 0.662. The van der Waals surface area contributed by atoms with Crippen LogP contribution in [0.4, 0.5) is 4.79 Å². The van der Waals surface area contributed by atoms with Gasteiger partial charge in [0.15, 0.2) is 0 Å². The first-order valence-corrected chi connectivity index (χ1v) is 9.53. The lowest BCUT2D eigenvalue weighted by molar-refractivity contribution is -0.136. The third-order valence-electron chi connectivity index (χ3n) is 4.84. The number of likely N-dealkylation sites (tertiary alicyclic amines) is 1. The van der Waals surface area contributed by atoms with Gasteiger partial charge in [-0.25, -0.2) is 4.79 Å². The van der Waals surface area contributed by atoms with E-state index in [0.29, 0.717) is 12.5 Å². The molecule has 6 nitrogen and oxygen atoms in total. The first-order chi connectivity index (χ1) is 12.5. The number of piperidine rings is 1. The van der Waals surface area contributed by atoms with Crippen LogP contribution in [0, 0.1) is 11.8 Å². The summed E-state index contributed by atoms with van der Waals surface area (Å²) in [6.07, 6.45) is 2.16. The summed E-state index contributed by atoms with van der Waals surface area (Å²) in [6.45, 7) is 6.83. The molecular weight excluding hydrogens is 364 g/mol. The molecule has 1 aromatic carbocycles. The highest BCUT2D eigenvalue weighted by molar-refractivity contribution is 5.87. The van der Waals surface area contributed by atoms with E-state index < -0.39 is 6.04 Å². The number of halogens is 1. The molecule has 3 amide bonds. The highest BCUT2D eigenvalue weighted by atomic mass is 35.5. The summed E-state index contributed by atoms with van der Waals surface area (Å²) in [7, 11) is 1.94. The van der Waals surface area contributed by atoms with E-state index in [2.05, 4.69) is 16.0 Å². The number of rotatable bonds is 7. The van der Waals surface area contributed by atoms with Crippen molar-refractivity contribution in [1.82, 2.24) is 20.9 Å². The van der Waals surface area contributed by atoms with Crippen molar-refractivity contribution in [2.24, 2.45) is 11.8 Å². The maximum absolute atomic E-state index is 13.0. The standard InChI is InChI=1S/C20H32N4O2.ClH/c1-15(2)18(19(25)24-11-7-10-17(14-24)12-21-3)23-20(26)22-13-16-8-5-4-6-9-16;/h4-6,8-9,15,17-18,21H,7,10-14H2,1-3H3,(H2,22,23,26);1H. The van der Waals surface area contributed by atoms with Gasteiger partial charge in [0.2, 0.25) is 5.91 Å². The molecule has 2 atom stereocenters. The Morgan fingerprint density at radius 1 is 1.22 bits per heavy atom. The van der Waals surface area contributed by atoms with E-state index in [1.165, 1.54) is 0 Å². The molecule has 0 aromatic heterocycles. The molecule has 1 aromatic rings. The molecule has 1 fully saturated rings. The van der Waals surface area contributed by atoms with Crippen molar-refractivity contribution in [1.29, 1.82) is 0 Å². The van der Waals surface area contributed by atoms with Crippen molar-refractivity contribution in [3.05, 3.63) is 35.9 Å². The maximum atomic E-state index is 13.0. The molecule has 7 heteroatoms. The molecule has 1 aliphatic rings. The molecule has 2 rings (SSSR count). The Morgan fingerprint density at radius 3 is 2.56 bits per heavy atom. The van der Waals surface area contributed by atoms with Gasteiger partial charge in [0.1, 0.15) is 6.04 Å². The molecule has 2 unspecified atom stereocenters. The van der Waals surface area contributed by atoms with Crippen LogP contribution in [-0.2, 0) is 11.3 Å². The fourth-order valence-corrected chi connectivity index (χ4v) is 3.40. The van der Waals surface area contributed by atoms with Gasteiger partial charge in [-0.05, 0) is 43.8 Å². The van der Waals surface area contributed by atoms with Crippen molar-refractivity contribution in [3.63, 3.8) is 0 Å². The summed E-state index contributed by atoms with van der Waals surface area (Å²) >= 11 is 0. The molecule has 0 saturated carbocycles. The Balaban J connectivity index is 0.00000364. The molecule has 1 aliphatic heterocycles. The second-order valence-electron chi connectivity index (χ2n) is 7.38. The van der Waals surface area contributed by atoms with Crippen molar-refractivity contribution in [2.45, 2.75) is 39.3 Å². The van der Waals surface area contributed by atoms with Gasteiger partial charge in [-0.15, -0.1) is 12.4 Å². The van der Waals surface area contributed by atoms with Crippen molar-refractivity contribution in [2.75, 3.05) is 26.7 Å². The van der Waals surface area contributed by atoms with Crippen LogP contribution in [0.3, 0.4) is 0 Å².